The largest absolute Gasteiger partial charge is 0.0622 e. The van der Waals surface area contributed by atoms with E-state index in [1.165, 1.54) is 87.6 Å². The van der Waals surface area contributed by atoms with E-state index in [4.69, 9.17) is 0 Å². The fraction of sp³-hybridized carbons (Fsp3) is 0. The fourth-order valence-corrected chi connectivity index (χ4v) is 7.36. The summed E-state index contributed by atoms with van der Waals surface area (Å²) in [6.45, 7) is 0. The van der Waals surface area contributed by atoms with Gasteiger partial charge < -0.3 is 0 Å². The van der Waals surface area contributed by atoms with E-state index in [-0.39, 0.29) is 0 Å². The quantitative estimate of drug-likeness (QED) is 0.181. The molecule has 9 rings (SSSR count). The Morgan fingerprint density at radius 1 is 0.217 bits per heavy atom. The zero-order chi connectivity index (χ0) is 30.5. The van der Waals surface area contributed by atoms with E-state index >= 15 is 0 Å². The highest BCUT2D eigenvalue weighted by atomic mass is 14.2. The molecule has 46 heavy (non-hydrogen) atoms. The second kappa shape index (κ2) is 10.9. The van der Waals surface area contributed by atoms with Crippen LogP contribution in [0.3, 0.4) is 0 Å². The predicted molar refractivity (Wildman–Crippen MR) is 198 cm³/mol. The van der Waals surface area contributed by atoms with Gasteiger partial charge in [0.15, 0.2) is 0 Å². The molecule has 0 aliphatic heterocycles. The summed E-state index contributed by atoms with van der Waals surface area (Å²) in [4.78, 5) is 0. The van der Waals surface area contributed by atoms with Crippen LogP contribution < -0.4 is 0 Å². The van der Waals surface area contributed by atoms with Crippen molar-refractivity contribution >= 4 is 43.1 Å². The molecule has 0 N–H and O–H groups in total. The van der Waals surface area contributed by atoms with Crippen molar-refractivity contribution in [3.63, 3.8) is 0 Å². The normalized spacial score (nSPS) is 11.5. The highest BCUT2D eigenvalue weighted by molar-refractivity contribution is 6.23. The highest BCUT2D eigenvalue weighted by Crippen LogP contribution is 2.46. The first-order valence-electron chi connectivity index (χ1n) is 15.9. The van der Waals surface area contributed by atoms with Gasteiger partial charge in [-0.1, -0.05) is 170 Å². The zero-order valence-electron chi connectivity index (χ0n) is 25.3. The third-order valence-electron chi connectivity index (χ3n) is 9.44. The number of hydrogen-bond acceptors (Lipinski definition) is 0. The lowest BCUT2D eigenvalue weighted by Crippen LogP contribution is -1.92. The molecule has 0 bridgehead atoms. The summed E-state index contributed by atoms with van der Waals surface area (Å²) in [5.41, 5.74) is 10.0. The number of benzene rings is 9. The number of hydrogen-bond donors (Lipinski definition) is 0. The number of rotatable bonds is 4. The van der Waals surface area contributed by atoms with Gasteiger partial charge in [0.1, 0.15) is 0 Å². The van der Waals surface area contributed by atoms with Gasteiger partial charge in [0.25, 0.3) is 0 Å². The molecule has 0 aliphatic rings. The van der Waals surface area contributed by atoms with Crippen molar-refractivity contribution in [2.24, 2.45) is 0 Å². The van der Waals surface area contributed by atoms with Crippen LogP contribution in [-0.2, 0) is 0 Å². The Labute approximate surface area is 268 Å². The molecule has 0 heterocycles. The van der Waals surface area contributed by atoms with Crippen LogP contribution in [0.15, 0.2) is 182 Å². The van der Waals surface area contributed by atoms with Crippen molar-refractivity contribution in [3.05, 3.63) is 182 Å². The Bertz CT molecular complexity index is 2510. The molecule has 214 valence electrons. The van der Waals surface area contributed by atoms with Crippen molar-refractivity contribution in [1.82, 2.24) is 0 Å². The van der Waals surface area contributed by atoms with E-state index in [0.29, 0.717) is 0 Å². The van der Waals surface area contributed by atoms with Gasteiger partial charge in [0.2, 0.25) is 0 Å². The Morgan fingerprint density at radius 2 is 0.717 bits per heavy atom. The van der Waals surface area contributed by atoms with Crippen molar-refractivity contribution in [2.45, 2.75) is 0 Å². The first kappa shape index (κ1) is 26.4. The standard InChI is InChI=1S/C46H30/c1-2-13-31(14-3-1)33-27-28-39-34(29-33)18-12-26-40(39)46-43-23-8-6-21-41(43)45(42-22-7-9-24-44(42)46)36-19-10-17-35(30-36)38-25-11-16-32-15-4-5-20-37(32)38/h1-30H. The monoisotopic (exact) mass is 582 g/mol. The number of fused-ring (bicyclic) bond motifs is 4. The lowest BCUT2D eigenvalue weighted by molar-refractivity contribution is 1.63. The van der Waals surface area contributed by atoms with E-state index in [2.05, 4.69) is 182 Å². The Balaban J connectivity index is 1.29. The molecule has 9 aromatic rings. The SMILES string of the molecule is c1ccc(-c2ccc3c(-c4c5ccccc5c(-c5cccc(-c6cccc7ccccc67)c5)c5ccccc45)cccc3c2)cc1. The molecule has 9 aromatic carbocycles. The molecular formula is C46H30. The van der Waals surface area contributed by atoms with Gasteiger partial charge in [-0.25, -0.2) is 0 Å². The molecule has 0 nitrogen and oxygen atoms in total. The topological polar surface area (TPSA) is 0 Å². The second-order valence-corrected chi connectivity index (χ2v) is 12.1. The Kier molecular flexibility index (Phi) is 6.25. The van der Waals surface area contributed by atoms with E-state index in [1.807, 2.05) is 0 Å². The maximum Gasteiger partial charge on any atom is -0.00201 e. The summed E-state index contributed by atoms with van der Waals surface area (Å²) < 4.78 is 0. The van der Waals surface area contributed by atoms with Crippen LogP contribution in [0.4, 0.5) is 0 Å². The average Bonchev–Trinajstić information content (AvgIpc) is 3.13. The average molecular weight is 583 g/mol. The molecule has 0 aliphatic carbocycles. The van der Waals surface area contributed by atoms with Crippen LogP contribution in [-0.4, -0.2) is 0 Å². The summed E-state index contributed by atoms with van der Waals surface area (Å²) in [6.07, 6.45) is 0. The van der Waals surface area contributed by atoms with Crippen LogP contribution in [0.2, 0.25) is 0 Å². The minimum atomic E-state index is 1.23. The molecule has 0 unspecified atom stereocenters. The van der Waals surface area contributed by atoms with Gasteiger partial charge in [-0.15, -0.1) is 0 Å². The van der Waals surface area contributed by atoms with E-state index in [9.17, 15) is 0 Å². The lowest BCUT2D eigenvalue weighted by atomic mass is 9.84. The van der Waals surface area contributed by atoms with E-state index in [0.717, 1.165) is 0 Å². The van der Waals surface area contributed by atoms with Gasteiger partial charge in [0, 0.05) is 0 Å². The molecule has 0 spiro atoms. The van der Waals surface area contributed by atoms with E-state index < -0.39 is 0 Å². The Morgan fingerprint density at radius 3 is 1.46 bits per heavy atom. The zero-order valence-corrected chi connectivity index (χ0v) is 25.3. The molecule has 0 radical (unpaired) electrons. The molecule has 0 fully saturated rings. The maximum absolute atomic E-state index is 2.37. The van der Waals surface area contributed by atoms with Gasteiger partial charge in [-0.3, -0.25) is 0 Å². The summed E-state index contributed by atoms with van der Waals surface area (Å²) in [7, 11) is 0. The minimum absolute atomic E-state index is 1.23. The van der Waals surface area contributed by atoms with Gasteiger partial charge in [0.05, 0.1) is 0 Å². The summed E-state index contributed by atoms with van der Waals surface area (Å²) in [6, 6.07) is 66.5. The minimum Gasteiger partial charge on any atom is -0.0622 e. The maximum atomic E-state index is 2.37. The molecule has 0 saturated carbocycles. The molecule has 0 saturated heterocycles. The molecule has 0 aromatic heterocycles. The van der Waals surface area contributed by atoms with Gasteiger partial charge >= 0.3 is 0 Å². The molecule has 0 atom stereocenters. The lowest BCUT2D eigenvalue weighted by Gasteiger charge is -2.19. The van der Waals surface area contributed by atoms with Gasteiger partial charge in [-0.05, 0) is 99.7 Å². The molecule has 0 amide bonds. The first-order valence-corrected chi connectivity index (χ1v) is 15.9. The van der Waals surface area contributed by atoms with Crippen LogP contribution in [0.5, 0.6) is 0 Å². The van der Waals surface area contributed by atoms with Crippen molar-refractivity contribution in [3.8, 4) is 44.5 Å². The summed E-state index contributed by atoms with van der Waals surface area (Å²) in [5.74, 6) is 0. The van der Waals surface area contributed by atoms with Gasteiger partial charge in [-0.2, -0.15) is 0 Å². The third-order valence-corrected chi connectivity index (χ3v) is 9.44. The van der Waals surface area contributed by atoms with Crippen molar-refractivity contribution in [2.75, 3.05) is 0 Å². The highest BCUT2D eigenvalue weighted by Gasteiger charge is 2.18. The Hall–Kier alpha value is -5.98. The fourth-order valence-electron chi connectivity index (χ4n) is 7.36. The summed E-state index contributed by atoms with van der Waals surface area (Å²) in [5, 5.41) is 10.1. The predicted octanol–water partition coefficient (Wildman–Crippen LogP) is 13.0. The van der Waals surface area contributed by atoms with E-state index in [1.54, 1.807) is 0 Å². The second-order valence-electron chi connectivity index (χ2n) is 12.1. The molecule has 0 heteroatoms. The van der Waals surface area contributed by atoms with Crippen molar-refractivity contribution < 1.29 is 0 Å². The summed E-state index contributed by atoms with van der Waals surface area (Å²) >= 11 is 0. The van der Waals surface area contributed by atoms with Crippen molar-refractivity contribution in [1.29, 1.82) is 0 Å². The van der Waals surface area contributed by atoms with Crippen LogP contribution in [0.25, 0.3) is 87.6 Å². The smallest absolute Gasteiger partial charge is 0.00201 e. The molecular weight excluding hydrogens is 553 g/mol. The van der Waals surface area contributed by atoms with Crippen LogP contribution in [0.1, 0.15) is 0 Å². The third kappa shape index (κ3) is 4.30. The van der Waals surface area contributed by atoms with Crippen LogP contribution >= 0.6 is 0 Å². The van der Waals surface area contributed by atoms with Crippen LogP contribution in [0, 0.1) is 0 Å². The first-order chi connectivity index (χ1) is 22.8.